The van der Waals surface area contributed by atoms with Gasteiger partial charge in [0.05, 0.1) is 17.6 Å². The molecule has 1 aromatic heterocycles. The van der Waals surface area contributed by atoms with Crippen molar-refractivity contribution >= 4 is 23.0 Å². The van der Waals surface area contributed by atoms with Crippen molar-refractivity contribution in [1.29, 1.82) is 5.26 Å². The van der Waals surface area contributed by atoms with Crippen LogP contribution in [-0.4, -0.2) is 52.6 Å². The minimum atomic E-state index is -0.0938. The second kappa shape index (κ2) is 7.94. The monoisotopic (exact) mass is 390 g/mol. The number of hydrogen-bond donors (Lipinski definition) is 1. The number of fused-ring (bicyclic) bond motifs is 1. The Morgan fingerprint density at radius 3 is 2.24 bits per heavy atom. The lowest BCUT2D eigenvalue weighted by molar-refractivity contribution is -0.892. The van der Waals surface area contributed by atoms with Crippen LogP contribution in [0.1, 0.15) is 0 Å². The number of hydrogen-bond acceptors (Lipinski definition) is 5. The summed E-state index contributed by atoms with van der Waals surface area (Å²) in [5, 5.41) is 9.79. The molecule has 2 aliphatic rings. The number of aromatic nitrogens is 1. The number of piperazine rings is 1. The molecule has 0 bridgehead atoms. The summed E-state index contributed by atoms with van der Waals surface area (Å²) in [4.78, 5) is 23.7. The van der Waals surface area contributed by atoms with Crippen LogP contribution in [0.25, 0.3) is 0 Å². The minimum Gasteiger partial charge on any atom is -0.328 e. The summed E-state index contributed by atoms with van der Waals surface area (Å²) in [5.41, 5.74) is 2.24. The van der Waals surface area contributed by atoms with Gasteiger partial charge in [-0.3, -0.25) is 9.69 Å². The molecule has 1 fully saturated rings. The van der Waals surface area contributed by atoms with Crippen LogP contribution in [0, 0.1) is 11.3 Å². The zero-order valence-electron chi connectivity index (χ0n) is 16.9. The highest BCUT2D eigenvalue weighted by molar-refractivity contribution is 6.03. The average molecular weight is 390 g/mol. The summed E-state index contributed by atoms with van der Waals surface area (Å²) < 4.78 is 0. The van der Waals surface area contributed by atoms with Crippen LogP contribution >= 0.6 is 0 Å². The number of para-hydroxylation sites is 2. The standard InChI is InChI=1S/C22H24N6O/c1-25-18-7-3-4-8-19(18)26(2)22(25)17(15-23)20(29)16-27-11-13-28(14-12-27)21-9-5-6-10-24-21/h3-10H,11-14,16H2,1-2H3/p+2. The smallest absolute Gasteiger partial charge is 0.274 e. The maximum Gasteiger partial charge on any atom is 0.274 e. The Kier molecular flexibility index (Phi) is 5.19. The summed E-state index contributed by atoms with van der Waals surface area (Å²) in [6.45, 7) is 3.85. The number of benzene rings is 1. The van der Waals surface area contributed by atoms with Crippen molar-refractivity contribution < 1.29 is 14.7 Å². The molecule has 0 radical (unpaired) electrons. The molecule has 0 unspecified atom stereocenters. The molecule has 0 saturated carbocycles. The number of ketones is 1. The third-order valence-corrected chi connectivity index (χ3v) is 5.77. The molecule has 3 heterocycles. The predicted molar refractivity (Wildman–Crippen MR) is 112 cm³/mol. The third-order valence-electron chi connectivity index (χ3n) is 5.77. The maximum absolute atomic E-state index is 13.0. The molecular weight excluding hydrogens is 364 g/mol. The number of rotatable bonds is 4. The fourth-order valence-electron chi connectivity index (χ4n) is 4.19. The Bertz CT molecular complexity index is 941. The number of H-pyrrole nitrogens is 1. The van der Waals surface area contributed by atoms with E-state index in [4.69, 9.17) is 0 Å². The van der Waals surface area contributed by atoms with E-state index in [0.717, 1.165) is 43.4 Å². The summed E-state index contributed by atoms with van der Waals surface area (Å²) in [7, 11) is 3.81. The highest BCUT2D eigenvalue weighted by atomic mass is 16.1. The van der Waals surface area contributed by atoms with E-state index in [1.54, 1.807) is 0 Å². The van der Waals surface area contributed by atoms with Crippen molar-refractivity contribution in [2.24, 2.45) is 0 Å². The molecule has 0 atom stereocenters. The number of carbonyl (C=O) groups is 1. The van der Waals surface area contributed by atoms with Gasteiger partial charge in [-0.15, -0.1) is 0 Å². The lowest BCUT2D eigenvalue weighted by atomic mass is 10.1. The molecule has 7 heteroatoms. The van der Waals surface area contributed by atoms with E-state index in [0.29, 0.717) is 12.4 Å². The number of anilines is 3. The third kappa shape index (κ3) is 3.55. The summed E-state index contributed by atoms with van der Waals surface area (Å²) in [6, 6.07) is 16.2. The van der Waals surface area contributed by atoms with E-state index in [1.807, 2.05) is 66.5 Å². The molecule has 148 valence electrons. The molecule has 7 nitrogen and oxygen atoms in total. The van der Waals surface area contributed by atoms with Gasteiger partial charge in [-0.2, -0.15) is 5.26 Å². The van der Waals surface area contributed by atoms with Crippen molar-refractivity contribution in [2.75, 3.05) is 61.5 Å². The zero-order chi connectivity index (χ0) is 20.4. The van der Waals surface area contributed by atoms with Crippen LogP contribution in [0.3, 0.4) is 0 Å². The Hall–Kier alpha value is -3.37. The largest absolute Gasteiger partial charge is 0.328 e. The van der Waals surface area contributed by atoms with Crippen LogP contribution in [-0.2, 0) is 4.79 Å². The molecule has 2 aliphatic heterocycles. The Labute approximate surface area is 171 Å². The van der Waals surface area contributed by atoms with E-state index in [2.05, 4.69) is 22.0 Å². The van der Waals surface area contributed by atoms with Gasteiger partial charge in [0.1, 0.15) is 50.2 Å². The van der Waals surface area contributed by atoms with E-state index >= 15 is 0 Å². The van der Waals surface area contributed by atoms with Crippen molar-refractivity contribution in [3.63, 3.8) is 0 Å². The van der Waals surface area contributed by atoms with Gasteiger partial charge >= 0.3 is 0 Å². The second-order valence-corrected chi connectivity index (χ2v) is 7.50. The van der Waals surface area contributed by atoms with Crippen LogP contribution in [0.2, 0.25) is 0 Å². The van der Waals surface area contributed by atoms with Gasteiger partial charge < -0.3 is 14.7 Å². The molecule has 0 spiro atoms. The van der Waals surface area contributed by atoms with Crippen molar-refractivity contribution in [3.8, 4) is 6.07 Å². The van der Waals surface area contributed by atoms with Crippen LogP contribution in [0.4, 0.5) is 17.2 Å². The molecule has 1 aromatic carbocycles. The molecule has 2 aromatic rings. The highest BCUT2D eigenvalue weighted by Gasteiger charge is 2.33. The molecule has 1 saturated heterocycles. The van der Waals surface area contributed by atoms with Crippen LogP contribution in [0.5, 0.6) is 0 Å². The molecule has 0 aliphatic carbocycles. The van der Waals surface area contributed by atoms with Gasteiger partial charge in [0, 0.05) is 20.2 Å². The van der Waals surface area contributed by atoms with Gasteiger partial charge in [0.2, 0.25) is 5.78 Å². The fourth-order valence-corrected chi connectivity index (χ4v) is 4.19. The van der Waals surface area contributed by atoms with Gasteiger partial charge in [-0.25, -0.2) is 4.98 Å². The molecule has 2 N–H and O–H groups in total. The average Bonchev–Trinajstić information content (AvgIpc) is 3.01. The van der Waals surface area contributed by atoms with E-state index in [-0.39, 0.29) is 11.4 Å². The maximum atomic E-state index is 13.0. The van der Waals surface area contributed by atoms with Crippen molar-refractivity contribution in [1.82, 2.24) is 0 Å². The molecule has 0 amide bonds. The first kappa shape index (κ1) is 19.0. The first-order chi connectivity index (χ1) is 14.1. The highest BCUT2D eigenvalue weighted by Crippen LogP contribution is 2.40. The number of carbonyl (C=O) groups excluding carboxylic acids is 1. The second-order valence-electron chi connectivity index (χ2n) is 7.50. The Morgan fingerprint density at radius 2 is 1.69 bits per heavy atom. The lowest BCUT2D eigenvalue weighted by Crippen LogP contribution is -3.15. The first-order valence-electron chi connectivity index (χ1n) is 9.89. The van der Waals surface area contributed by atoms with Gasteiger partial charge in [-0.1, -0.05) is 18.2 Å². The zero-order valence-corrected chi connectivity index (χ0v) is 16.9. The van der Waals surface area contributed by atoms with Crippen LogP contribution < -0.4 is 24.6 Å². The molecule has 4 rings (SSSR count). The minimum absolute atomic E-state index is 0.0938. The van der Waals surface area contributed by atoms with E-state index in [9.17, 15) is 10.1 Å². The molecule has 29 heavy (non-hydrogen) atoms. The van der Waals surface area contributed by atoms with Gasteiger partial charge in [0.15, 0.2) is 0 Å². The van der Waals surface area contributed by atoms with E-state index < -0.39 is 0 Å². The lowest BCUT2D eigenvalue weighted by Gasteiger charge is -2.28. The van der Waals surface area contributed by atoms with Crippen molar-refractivity contribution in [3.05, 3.63) is 60.1 Å². The normalized spacial score (nSPS) is 16.6. The number of nitriles is 1. The van der Waals surface area contributed by atoms with Crippen LogP contribution in [0.15, 0.2) is 60.1 Å². The number of nitrogens with one attached hydrogen (secondary N) is 2. The predicted octanol–water partition coefficient (Wildman–Crippen LogP) is 0.0961. The quantitative estimate of drug-likeness (QED) is 0.592. The number of pyridine rings is 1. The fraction of sp³-hybridized carbons (Fsp3) is 0.318. The Morgan fingerprint density at radius 1 is 1.07 bits per heavy atom. The number of aromatic amines is 1. The van der Waals surface area contributed by atoms with Crippen molar-refractivity contribution in [2.45, 2.75) is 0 Å². The first-order valence-corrected chi connectivity index (χ1v) is 9.89. The molecular formula is C22H26N6O+2. The van der Waals surface area contributed by atoms with Gasteiger partial charge in [-0.05, 0) is 18.2 Å². The number of nitrogens with zero attached hydrogens (tertiary/aromatic N) is 4. The van der Waals surface area contributed by atoms with E-state index in [1.165, 1.54) is 4.90 Å². The SMILES string of the molecule is CN1C(=C(C#N)C(=O)C[NH+]2CCN(c3cccc[nH+]3)CC2)N(C)c2ccccc21. The number of quaternary nitrogens is 1. The summed E-state index contributed by atoms with van der Waals surface area (Å²) >= 11 is 0. The Balaban J connectivity index is 1.46. The summed E-state index contributed by atoms with van der Waals surface area (Å²) in [6.07, 6.45) is 1.93. The number of Topliss-reactive ketones (excluding diaryl/α,β-unsaturated/α-hetero) is 1. The topological polar surface area (TPSA) is 69.2 Å². The summed E-state index contributed by atoms with van der Waals surface area (Å²) in [5.74, 6) is 1.67. The van der Waals surface area contributed by atoms with Gasteiger partial charge in [0.25, 0.3) is 5.82 Å².